The molecule has 0 aliphatic rings. The monoisotopic (exact) mass is 416 g/mol. The second-order valence-electron chi connectivity index (χ2n) is 8.96. The van der Waals surface area contributed by atoms with Crippen molar-refractivity contribution in [1.82, 2.24) is 4.98 Å². The summed E-state index contributed by atoms with van der Waals surface area (Å²) in [5.41, 5.74) is 0.759. The molecule has 0 radical (unpaired) electrons. The van der Waals surface area contributed by atoms with Crippen LogP contribution in [0.3, 0.4) is 0 Å². The number of aromatic nitrogens is 1. The molecule has 0 aliphatic heterocycles. The molecule has 7 nitrogen and oxygen atoms in total. The number of nitrogens with one attached hydrogen (secondary N) is 3. The largest absolute Gasteiger partial charge is 0.326 e. The quantitative estimate of drug-likeness (QED) is 0.674. The molecule has 3 N–H and O–H groups in total. The summed E-state index contributed by atoms with van der Waals surface area (Å²) in [6, 6.07) is 4.79. The molecule has 2 rings (SSSR count). The Labute approximate surface area is 175 Å². The molecule has 29 heavy (non-hydrogen) atoms. The average molecular weight is 417 g/mol. The molecule has 8 heteroatoms. The molecule has 0 fully saturated rings. The number of aryl methyl sites for hydroxylation is 1. The summed E-state index contributed by atoms with van der Waals surface area (Å²) in [6.07, 6.45) is 0. The molecule has 0 unspecified atom stereocenters. The van der Waals surface area contributed by atoms with E-state index in [4.69, 9.17) is 0 Å². The third-order valence-electron chi connectivity index (χ3n) is 3.91. The van der Waals surface area contributed by atoms with Crippen LogP contribution < -0.4 is 16.0 Å². The SMILES string of the molecule is Cc1csc(NC(=O)c2cc(NC(=O)C(C)(C)C)cc(NC(=O)C(C)(C)C)c2)n1. The van der Waals surface area contributed by atoms with Crippen LogP contribution in [0.2, 0.25) is 0 Å². The highest BCUT2D eigenvalue weighted by molar-refractivity contribution is 7.13. The molecule has 0 bridgehead atoms. The Kier molecular flexibility index (Phi) is 6.47. The van der Waals surface area contributed by atoms with E-state index in [1.54, 1.807) is 59.7 Å². The summed E-state index contributed by atoms with van der Waals surface area (Å²) in [6.45, 7) is 12.6. The van der Waals surface area contributed by atoms with E-state index in [1.165, 1.54) is 11.3 Å². The molecule has 0 saturated heterocycles. The van der Waals surface area contributed by atoms with E-state index in [2.05, 4.69) is 20.9 Å². The van der Waals surface area contributed by atoms with Gasteiger partial charge in [-0.3, -0.25) is 19.7 Å². The number of benzene rings is 1. The van der Waals surface area contributed by atoms with Crippen molar-refractivity contribution in [1.29, 1.82) is 0 Å². The first-order valence-corrected chi connectivity index (χ1v) is 10.1. The Hall–Kier alpha value is -2.74. The molecular weight excluding hydrogens is 388 g/mol. The molecule has 0 aliphatic carbocycles. The van der Waals surface area contributed by atoms with Gasteiger partial charge in [0.2, 0.25) is 11.8 Å². The van der Waals surface area contributed by atoms with Crippen LogP contribution in [-0.4, -0.2) is 22.7 Å². The van der Waals surface area contributed by atoms with Gasteiger partial charge in [-0.1, -0.05) is 41.5 Å². The van der Waals surface area contributed by atoms with E-state index in [0.29, 0.717) is 22.1 Å². The van der Waals surface area contributed by atoms with Crippen LogP contribution in [0.1, 0.15) is 57.6 Å². The lowest BCUT2D eigenvalue weighted by Gasteiger charge is -2.20. The fourth-order valence-electron chi connectivity index (χ4n) is 2.12. The number of carbonyl (C=O) groups is 3. The third-order valence-corrected chi connectivity index (χ3v) is 4.79. The van der Waals surface area contributed by atoms with Crippen molar-refractivity contribution in [2.75, 3.05) is 16.0 Å². The molecule has 0 atom stereocenters. The highest BCUT2D eigenvalue weighted by Crippen LogP contribution is 2.25. The molecule has 0 saturated carbocycles. The van der Waals surface area contributed by atoms with E-state index in [-0.39, 0.29) is 17.7 Å². The summed E-state index contributed by atoms with van der Waals surface area (Å²) in [7, 11) is 0. The van der Waals surface area contributed by atoms with Crippen LogP contribution in [0.5, 0.6) is 0 Å². The van der Waals surface area contributed by atoms with Gasteiger partial charge in [0, 0.05) is 33.1 Å². The van der Waals surface area contributed by atoms with Crippen LogP contribution >= 0.6 is 11.3 Å². The highest BCUT2D eigenvalue weighted by Gasteiger charge is 2.24. The first-order valence-electron chi connectivity index (χ1n) is 9.27. The number of thiazole rings is 1. The second kappa shape index (κ2) is 8.32. The minimum Gasteiger partial charge on any atom is -0.326 e. The van der Waals surface area contributed by atoms with Crippen LogP contribution in [0, 0.1) is 17.8 Å². The Morgan fingerprint density at radius 3 is 1.69 bits per heavy atom. The lowest BCUT2D eigenvalue weighted by molar-refractivity contribution is -0.123. The average Bonchev–Trinajstić information content (AvgIpc) is 2.97. The molecule has 1 heterocycles. The van der Waals surface area contributed by atoms with Crippen molar-refractivity contribution in [3.63, 3.8) is 0 Å². The molecule has 3 amide bonds. The molecule has 156 valence electrons. The maximum absolute atomic E-state index is 12.7. The molecule has 2 aromatic rings. The summed E-state index contributed by atoms with van der Waals surface area (Å²) in [5.74, 6) is -0.769. The molecule has 1 aromatic heterocycles. The molecule has 1 aromatic carbocycles. The zero-order chi connectivity index (χ0) is 22.0. The van der Waals surface area contributed by atoms with Crippen molar-refractivity contribution in [3.8, 4) is 0 Å². The summed E-state index contributed by atoms with van der Waals surface area (Å²) < 4.78 is 0. The molecule has 0 spiro atoms. The number of amides is 3. The number of nitrogens with zero attached hydrogens (tertiary/aromatic N) is 1. The van der Waals surface area contributed by atoms with E-state index >= 15 is 0 Å². The van der Waals surface area contributed by atoms with Gasteiger partial charge in [0.15, 0.2) is 5.13 Å². The van der Waals surface area contributed by atoms with E-state index in [9.17, 15) is 14.4 Å². The fourth-order valence-corrected chi connectivity index (χ4v) is 2.80. The van der Waals surface area contributed by atoms with Gasteiger partial charge in [-0.05, 0) is 25.1 Å². The number of hydrogen-bond acceptors (Lipinski definition) is 5. The minimum atomic E-state index is -0.606. The van der Waals surface area contributed by atoms with Gasteiger partial charge in [0.05, 0.1) is 5.69 Å². The normalized spacial score (nSPS) is 11.7. The Bertz CT molecular complexity index is 890. The zero-order valence-electron chi connectivity index (χ0n) is 17.9. The van der Waals surface area contributed by atoms with E-state index in [1.807, 2.05) is 12.3 Å². The molecular formula is C21H28N4O3S. The third kappa shape index (κ3) is 6.39. The van der Waals surface area contributed by atoms with Crippen LogP contribution in [0.4, 0.5) is 16.5 Å². The van der Waals surface area contributed by atoms with Crippen molar-refractivity contribution < 1.29 is 14.4 Å². The first-order chi connectivity index (χ1) is 13.3. The Morgan fingerprint density at radius 2 is 1.31 bits per heavy atom. The van der Waals surface area contributed by atoms with Gasteiger partial charge in [-0.15, -0.1) is 11.3 Å². The van der Waals surface area contributed by atoms with E-state index < -0.39 is 10.8 Å². The van der Waals surface area contributed by atoms with Gasteiger partial charge >= 0.3 is 0 Å². The maximum atomic E-state index is 12.7. The van der Waals surface area contributed by atoms with Crippen molar-refractivity contribution >= 4 is 45.6 Å². The summed E-state index contributed by atoms with van der Waals surface area (Å²) in [5, 5.41) is 10.7. The highest BCUT2D eigenvalue weighted by atomic mass is 32.1. The standard InChI is InChI=1S/C21H28N4O3S/c1-12-11-29-19(22-12)25-16(26)13-8-14(23-17(27)20(2,3)4)10-15(9-13)24-18(28)21(5,6)7/h8-11H,1-7H3,(H,23,27)(H,24,28)(H,22,25,26). The van der Waals surface area contributed by atoms with Crippen molar-refractivity contribution in [2.45, 2.75) is 48.5 Å². The zero-order valence-corrected chi connectivity index (χ0v) is 18.7. The van der Waals surface area contributed by atoms with Crippen molar-refractivity contribution in [3.05, 3.63) is 34.8 Å². The predicted octanol–water partition coefficient (Wildman–Crippen LogP) is 4.67. The van der Waals surface area contributed by atoms with Crippen LogP contribution in [-0.2, 0) is 9.59 Å². The van der Waals surface area contributed by atoms with Crippen LogP contribution in [0.15, 0.2) is 23.6 Å². The first kappa shape index (κ1) is 22.5. The topological polar surface area (TPSA) is 100 Å². The van der Waals surface area contributed by atoms with Gasteiger partial charge in [-0.25, -0.2) is 4.98 Å². The maximum Gasteiger partial charge on any atom is 0.257 e. The fraction of sp³-hybridized carbons (Fsp3) is 0.429. The summed E-state index contributed by atoms with van der Waals surface area (Å²) >= 11 is 1.33. The minimum absolute atomic E-state index is 0.196. The Morgan fingerprint density at radius 1 is 0.828 bits per heavy atom. The van der Waals surface area contributed by atoms with Gasteiger partial charge < -0.3 is 10.6 Å². The number of carbonyl (C=O) groups excluding carboxylic acids is 3. The van der Waals surface area contributed by atoms with E-state index in [0.717, 1.165) is 5.69 Å². The van der Waals surface area contributed by atoms with Gasteiger partial charge in [0.1, 0.15) is 0 Å². The lowest BCUT2D eigenvalue weighted by atomic mass is 9.95. The van der Waals surface area contributed by atoms with Crippen molar-refractivity contribution in [2.24, 2.45) is 10.8 Å². The predicted molar refractivity (Wildman–Crippen MR) is 117 cm³/mol. The number of hydrogen-bond donors (Lipinski definition) is 3. The summed E-state index contributed by atoms with van der Waals surface area (Å²) in [4.78, 5) is 41.7. The lowest BCUT2D eigenvalue weighted by Crippen LogP contribution is -2.29. The van der Waals surface area contributed by atoms with Crippen LogP contribution in [0.25, 0.3) is 0 Å². The smallest absolute Gasteiger partial charge is 0.257 e. The Balaban J connectivity index is 2.36. The second-order valence-corrected chi connectivity index (χ2v) is 9.81. The number of anilines is 3. The number of rotatable bonds is 4. The van der Waals surface area contributed by atoms with Gasteiger partial charge in [0.25, 0.3) is 5.91 Å². The van der Waals surface area contributed by atoms with Gasteiger partial charge in [-0.2, -0.15) is 0 Å².